The Labute approximate surface area is 149 Å². The molecular formula is C17H26N2O5S. The predicted molar refractivity (Wildman–Crippen MR) is 94.1 cm³/mol. The molecule has 140 valence electrons. The van der Waals surface area contributed by atoms with Gasteiger partial charge in [-0.1, -0.05) is 6.07 Å². The van der Waals surface area contributed by atoms with Gasteiger partial charge in [0, 0.05) is 39.4 Å². The highest BCUT2D eigenvalue weighted by Crippen LogP contribution is 2.16. The van der Waals surface area contributed by atoms with E-state index >= 15 is 0 Å². The Morgan fingerprint density at radius 2 is 2.20 bits per heavy atom. The molecule has 0 unspecified atom stereocenters. The van der Waals surface area contributed by atoms with Crippen molar-refractivity contribution in [3.05, 3.63) is 29.8 Å². The van der Waals surface area contributed by atoms with Crippen molar-refractivity contribution in [3.8, 4) is 0 Å². The standard InChI is InChI=1S/C17H26N2O5S/c1-19(13-15-7-3-4-10-24-15)17(20)14-6-5-8-16(12-14)25(21,22)18-9-11-23-2/h5-6,8,12,15,18H,3-4,7,9-11,13H2,1-2H3/t15-/m1/s1. The number of sulfonamides is 1. The summed E-state index contributed by atoms with van der Waals surface area (Å²) >= 11 is 0. The molecule has 7 nitrogen and oxygen atoms in total. The van der Waals surface area contributed by atoms with Crippen LogP contribution in [0.4, 0.5) is 0 Å². The third-order valence-electron chi connectivity index (χ3n) is 4.09. The molecule has 0 spiro atoms. The molecule has 0 radical (unpaired) electrons. The molecule has 25 heavy (non-hydrogen) atoms. The first kappa shape index (κ1) is 19.8. The summed E-state index contributed by atoms with van der Waals surface area (Å²) in [6.45, 7) is 1.69. The fourth-order valence-corrected chi connectivity index (χ4v) is 3.78. The molecule has 0 saturated carbocycles. The van der Waals surface area contributed by atoms with Gasteiger partial charge in [-0.25, -0.2) is 13.1 Å². The van der Waals surface area contributed by atoms with E-state index in [2.05, 4.69) is 4.72 Å². The van der Waals surface area contributed by atoms with Crippen LogP contribution in [0.2, 0.25) is 0 Å². The second kappa shape index (κ2) is 9.28. The number of benzene rings is 1. The maximum Gasteiger partial charge on any atom is 0.253 e. The first-order valence-electron chi connectivity index (χ1n) is 8.40. The number of amides is 1. The van der Waals surface area contributed by atoms with Crippen LogP contribution in [0, 0.1) is 0 Å². The van der Waals surface area contributed by atoms with Crippen LogP contribution >= 0.6 is 0 Å². The number of nitrogens with zero attached hydrogens (tertiary/aromatic N) is 1. The van der Waals surface area contributed by atoms with E-state index in [9.17, 15) is 13.2 Å². The zero-order valence-electron chi connectivity index (χ0n) is 14.7. The van der Waals surface area contributed by atoms with E-state index in [0.717, 1.165) is 25.9 Å². The number of ether oxygens (including phenoxy) is 2. The number of likely N-dealkylation sites (N-methyl/N-ethyl adjacent to an activating group) is 1. The summed E-state index contributed by atoms with van der Waals surface area (Å²) in [6, 6.07) is 6.06. The van der Waals surface area contributed by atoms with Crippen molar-refractivity contribution in [2.24, 2.45) is 0 Å². The van der Waals surface area contributed by atoms with Gasteiger partial charge in [0.2, 0.25) is 10.0 Å². The zero-order chi connectivity index (χ0) is 18.3. The number of hydrogen-bond donors (Lipinski definition) is 1. The fourth-order valence-electron chi connectivity index (χ4n) is 2.72. The molecule has 1 saturated heterocycles. The molecular weight excluding hydrogens is 344 g/mol. The average Bonchev–Trinajstić information content (AvgIpc) is 2.62. The lowest BCUT2D eigenvalue weighted by Gasteiger charge is -2.27. The molecule has 1 heterocycles. The van der Waals surface area contributed by atoms with Crippen LogP contribution in [0.25, 0.3) is 0 Å². The molecule has 1 atom stereocenters. The Balaban J connectivity index is 2.04. The number of rotatable bonds is 8. The van der Waals surface area contributed by atoms with E-state index in [0.29, 0.717) is 12.1 Å². The highest BCUT2D eigenvalue weighted by atomic mass is 32.2. The average molecular weight is 370 g/mol. The van der Waals surface area contributed by atoms with Gasteiger partial charge in [-0.15, -0.1) is 0 Å². The van der Waals surface area contributed by atoms with Crippen molar-refractivity contribution in [1.82, 2.24) is 9.62 Å². The van der Waals surface area contributed by atoms with E-state index < -0.39 is 10.0 Å². The van der Waals surface area contributed by atoms with Gasteiger partial charge in [0.25, 0.3) is 5.91 Å². The lowest BCUT2D eigenvalue weighted by molar-refractivity contribution is -0.000192. The maximum atomic E-state index is 12.6. The van der Waals surface area contributed by atoms with Crippen LogP contribution in [-0.4, -0.2) is 65.8 Å². The Morgan fingerprint density at radius 1 is 1.40 bits per heavy atom. The highest BCUT2D eigenvalue weighted by molar-refractivity contribution is 7.89. The van der Waals surface area contributed by atoms with Gasteiger partial charge >= 0.3 is 0 Å². The Kier molecular flexibility index (Phi) is 7.37. The number of carbonyl (C=O) groups excluding carboxylic acids is 1. The van der Waals surface area contributed by atoms with Crippen LogP contribution in [0.15, 0.2) is 29.2 Å². The van der Waals surface area contributed by atoms with Gasteiger partial charge < -0.3 is 14.4 Å². The summed E-state index contributed by atoms with van der Waals surface area (Å²) in [5.41, 5.74) is 0.341. The highest BCUT2D eigenvalue weighted by Gasteiger charge is 2.21. The topological polar surface area (TPSA) is 84.9 Å². The second-order valence-electron chi connectivity index (χ2n) is 6.09. The third kappa shape index (κ3) is 5.78. The molecule has 0 aliphatic carbocycles. The van der Waals surface area contributed by atoms with Crippen molar-refractivity contribution in [3.63, 3.8) is 0 Å². The van der Waals surface area contributed by atoms with E-state index in [1.807, 2.05) is 0 Å². The summed E-state index contributed by atoms with van der Waals surface area (Å²) in [4.78, 5) is 14.2. The van der Waals surface area contributed by atoms with Crippen molar-refractivity contribution in [2.45, 2.75) is 30.3 Å². The normalized spacial score (nSPS) is 18.1. The van der Waals surface area contributed by atoms with Crippen LogP contribution in [0.1, 0.15) is 29.6 Å². The van der Waals surface area contributed by atoms with Crippen LogP contribution in [0.3, 0.4) is 0 Å². The largest absolute Gasteiger partial charge is 0.383 e. The van der Waals surface area contributed by atoms with Crippen LogP contribution < -0.4 is 4.72 Å². The maximum absolute atomic E-state index is 12.6. The number of carbonyl (C=O) groups is 1. The summed E-state index contributed by atoms with van der Waals surface area (Å²) in [5.74, 6) is -0.219. The summed E-state index contributed by atoms with van der Waals surface area (Å²) < 4.78 is 37.4. The molecule has 0 aromatic heterocycles. The molecule has 1 aromatic carbocycles. The molecule has 1 aromatic rings. The summed E-state index contributed by atoms with van der Waals surface area (Å²) in [6.07, 6.45) is 3.15. The summed E-state index contributed by atoms with van der Waals surface area (Å²) in [5, 5.41) is 0. The quantitative estimate of drug-likeness (QED) is 0.696. The van der Waals surface area contributed by atoms with Gasteiger partial charge in [-0.2, -0.15) is 0 Å². The van der Waals surface area contributed by atoms with Gasteiger partial charge in [0.15, 0.2) is 0 Å². The van der Waals surface area contributed by atoms with Gasteiger partial charge in [0.1, 0.15) is 0 Å². The minimum Gasteiger partial charge on any atom is -0.383 e. The lowest BCUT2D eigenvalue weighted by atomic mass is 10.1. The summed E-state index contributed by atoms with van der Waals surface area (Å²) in [7, 11) is -0.461. The number of nitrogens with one attached hydrogen (secondary N) is 1. The van der Waals surface area contributed by atoms with E-state index in [1.165, 1.54) is 19.2 Å². The van der Waals surface area contributed by atoms with E-state index in [-0.39, 0.29) is 30.1 Å². The molecule has 1 N–H and O–H groups in total. The first-order chi connectivity index (χ1) is 11.9. The molecule has 0 bridgehead atoms. The number of methoxy groups -OCH3 is 1. The van der Waals surface area contributed by atoms with Crippen molar-refractivity contribution in [1.29, 1.82) is 0 Å². The SMILES string of the molecule is COCCNS(=O)(=O)c1cccc(C(=O)N(C)C[C@H]2CCCCO2)c1. The fraction of sp³-hybridized carbons (Fsp3) is 0.588. The van der Waals surface area contributed by atoms with E-state index in [1.54, 1.807) is 24.1 Å². The molecule has 1 aliphatic heterocycles. The first-order valence-corrected chi connectivity index (χ1v) is 9.88. The van der Waals surface area contributed by atoms with Crippen molar-refractivity contribution in [2.75, 3.05) is 40.5 Å². The van der Waals surface area contributed by atoms with Crippen molar-refractivity contribution >= 4 is 15.9 Å². The second-order valence-corrected chi connectivity index (χ2v) is 7.86. The van der Waals surface area contributed by atoms with Gasteiger partial charge in [-0.05, 0) is 37.5 Å². The smallest absolute Gasteiger partial charge is 0.253 e. The molecule has 8 heteroatoms. The lowest BCUT2D eigenvalue weighted by Crippen LogP contribution is -2.37. The van der Waals surface area contributed by atoms with Crippen LogP contribution in [0.5, 0.6) is 0 Å². The van der Waals surface area contributed by atoms with Gasteiger partial charge in [0.05, 0.1) is 17.6 Å². The number of hydrogen-bond acceptors (Lipinski definition) is 5. The Bertz CT molecular complexity index is 671. The molecule has 1 amide bonds. The third-order valence-corrected chi connectivity index (χ3v) is 5.55. The van der Waals surface area contributed by atoms with Crippen molar-refractivity contribution < 1.29 is 22.7 Å². The zero-order valence-corrected chi connectivity index (χ0v) is 15.5. The molecule has 1 aliphatic rings. The molecule has 1 fully saturated rings. The Hall–Kier alpha value is -1.48. The molecule has 2 rings (SSSR count). The predicted octanol–water partition coefficient (Wildman–Crippen LogP) is 1.25. The Morgan fingerprint density at radius 3 is 2.88 bits per heavy atom. The van der Waals surface area contributed by atoms with E-state index in [4.69, 9.17) is 9.47 Å². The monoisotopic (exact) mass is 370 g/mol. The minimum atomic E-state index is -3.67. The van der Waals surface area contributed by atoms with Crippen LogP contribution in [-0.2, 0) is 19.5 Å². The minimum absolute atomic E-state index is 0.0466. The van der Waals surface area contributed by atoms with Gasteiger partial charge in [-0.3, -0.25) is 4.79 Å².